The first kappa shape index (κ1) is 14.1. The third kappa shape index (κ3) is 2.42. The minimum Gasteiger partial charge on any atom is -0.506 e. The van der Waals surface area contributed by atoms with Gasteiger partial charge in [0.05, 0.1) is 11.7 Å². The third-order valence-electron chi connectivity index (χ3n) is 4.65. The molecule has 1 aliphatic rings. The third-order valence-corrected chi connectivity index (χ3v) is 4.65. The van der Waals surface area contributed by atoms with Crippen molar-refractivity contribution >= 4 is 39.4 Å². The molecule has 1 saturated carbocycles. The first-order valence-corrected chi connectivity index (χ1v) is 8.31. The van der Waals surface area contributed by atoms with Gasteiger partial charge in [-0.1, -0.05) is 0 Å². The molecule has 0 amide bonds. The zero-order chi connectivity index (χ0) is 16.8. The van der Waals surface area contributed by atoms with Gasteiger partial charge in [0, 0.05) is 23.3 Å². The second-order valence-corrected chi connectivity index (χ2v) is 6.36. The molecule has 4 aromatic rings. The molecular weight excluding hydrogens is 318 g/mol. The largest absolute Gasteiger partial charge is 0.506 e. The van der Waals surface area contributed by atoms with E-state index in [0.717, 1.165) is 29.4 Å². The topological polar surface area (TPSA) is 115 Å². The van der Waals surface area contributed by atoms with Crippen molar-refractivity contribution in [2.45, 2.75) is 25.3 Å². The van der Waals surface area contributed by atoms with Crippen molar-refractivity contribution in [1.29, 1.82) is 0 Å². The maximum atomic E-state index is 10.1. The van der Waals surface area contributed by atoms with Crippen LogP contribution in [0, 0.1) is 0 Å². The van der Waals surface area contributed by atoms with Crippen molar-refractivity contribution in [3.63, 3.8) is 0 Å². The number of aromatic hydroxyl groups is 1. The van der Waals surface area contributed by atoms with Crippen molar-refractivity contribution in [3.8, 4) is 5.75 Å². The number of rotatable bonds is 4. The van der Waals surface area contributed by atoms with Crippen LogP contribution in [0.25, 0.3) is 21.9 Å². The minimum atomic E-state index is 0.155. The SMILES string of the molecule is Oc1c[nH]c2nc(Nc3ccc4cn[nH]c4c3)nc(NC3CCC3)c12. The predicted molar refractivity (Wildman–Crippen MR) is 96.2 cm³/mol. The van der Waals surface area contributed by atoms with E-state index in [4.69, 9.17) is 0 Å². The van der Waals surface area contributed by atoms with Gasteiger partial charge in [0.1, 0.15) is 22.6 Å². The molecule has 0 bridgehead atoms. The van der Waals surface area contributed by atoms with Crippen LogP contribution >= 0.6 is 0 Å². The summed E-state index contributed by atoms with van der Waals surface area (Å²) in [5.41, 5.74) is 2.40. The van der Waals surface area contributed by atoms with E-state index in [9.17, 15) is 5.11 Å². The van der Waals surface area contributed by atoms with Crippen LogP contribution in [0.1, 0.15) is 19.3 Å². The van der Waals surface area contributed by atoms with Crippen molar-refractivity contribution in [3.05, 3.63) is 30.6 Å². The Morgan fingerprint density at radius 2 is 2.12 bits per heavy atom. The Morgan fingerprint density at radius 1 is 1.20 bits per heavy atom. The number of aromatic amines is 2. The number of hydrogen-bond acceptors (Lipinski definition) is 6. The number of aromatic nitrogens is 5. The molecule has 0 atom stereocenters. The Labute approximate surface area is 142 Å². The molecule has 0 radical (unpaired) electrons. The van der Waals surface area contributed by atoms with Crippen molar-refractivity contribution in [1.82, 2.24) is 25.1 Å². The van der Waals surface area contributed by atoms with Gasteiger partial charge in [0.2, 0.25) is 5.95 Å². The van der Waals surface area contributed by atoms with E-state index in [0.29, 0.717) is 28.8 Å². The molecule has 0 aliphatic heterocycles. The fourth-order valence-corrected chi connectivity index (χ4v) is 3.07. The molecule has 1 aromatic carbocycles. The van der Waals surface area contributed by atoms with Crippen LogP contribution in [0.2, 0.25) is 0 Å². The second kappa shape index (κ2) is 5.37. The smallest absolute Gasteiger partial charge is 0.231 e. The summed E-state index contributed by atoms with van der Waals surface area (Å²) in [7, 11) is 0. The molecule has 0 spiro atoms. The standard InChI is InChI=1S/C17H17N7O/c25-13-8-18-15-14(13)16(20-10-2-1-3-10)23-17(22-15)21-11-5-4-9-7-19-24-12(9)6-11/h4-8,10,25H,1-3H2,(H,19,24)(H3,18,20,21,22,23). The summed E-state index contributed by atoms with van der Waals surface area (Å²) in [5, 5.41) is 25.4. The lowest BCUT2D eigenvalue weighted by molar-refractivity contribution is 0.444. The molecule has 8 nitrogen and oxygen atoms in total. The zero-order valence-electron chi connectivity index (χ0n) is 13.4. The molecule has 25 heavy (non-hydrogen) atoms. The van der Waals surface area contributed by atoms with Gasteiger partial charge in [-0.25, -0.2) is 0 Å². The predicted octanol–water partition coefficient (Wildman–Crippen LogP) is 3.25. The minimum absolute atomic E-state index is 0.155. The van der Waals surface area contributed by atoms with Gasteiger partial charge >= 0.3 is 0 Å². The van der Waals surface area contributed by atoms with Crippen molar-refractivity contribution in [2.24, 2.45) is 0 Å². The Balaban J connectivity index is 1.53. The van der Waals surface area contributed by atoms with Gasteiger partial charge in [-0.2, -0.15) is 15.1 Å². The van der Waals surface area contributed by atoms with Crippen LogP contribution in [0.4, 0.5) is 17.5 Å². The highest BCUT2D eigenvalue weighted by atomic mass is 16.3. The average molecular weight is 335 g/mol. The number of nitrogens with one attached hydrogen (secondary N) is 4. The van der Waals surface area contributed by atoms with Gasteiger partial charge in [0.15, 0.2) is 0 Å². The molecule has 0 saturated heterocycles. The lowest BCUT2D eigenvalue weighted by atomic mass is 9.93. The van der Waals surface area contributed by atoms with Gasteiger partial charge in [-0.15, -0.1) is 0 Å². The quantitative estimate of drug-likeness (QED) is 0.391. The number of fused-ring (bicyclic) bond motifs is 2. The Bertz CT molecular complexity index is 1060. The fraction of sp³-hybridized carbons (Fsp3) is 0.235. The average Bonchev–Trinajstić information content (AvgIpc) is 3.17. The maximum Gasteiger partial charge on any atom is 0.231 e. The van der Waals surface area contributed by atoms with Gasteiger partial charge < -0.3 is 20.7 Å². The highest BCUT2D eigenvalue weighted by Crippen LogP contribution is 2.33. The van der Waals surface area contributed by atoms with Crippen LogP contribution in [-0.4, -0.2) is 36.3 Å². The molecule has 3 aromatic heterocycles. The summed E-state index contributed by atoms with van der Waals surface area (Å²) in [6.07, 6.45) is 6.78. The maximum absolute atomic E-state index is 10.1. The molecule has 3 heterocycles. The molecule has 1 fully saturated rings. The highest BCUT2D eigenvalue weighted by molar-refractivity contribution is 5.94. The molecule has 5 N–H and O–H groups in total. The zero-order valence-corrected chi connectivity index (χ0v) is 13.4. The molecule has 1 aliphatic carbocycles. The summed E-state index contributed by atoms with van der Waals surface area (Å²) < 4.78 is 0. The van der Waals surface area contributed by atoms with Crippen molar-refractivity contribution in [2.75, 3.05) is 10.6 Å². The Kier molecular flexibility index (Phi) is 3.03. The molecule has 5 rings (SSSR count). The van der Waals surface area contributed by atoms with Crippen LogP contribution in [0.15, 0.2) is 30.6 Å². The lowest BCUT2D eigenvalue weighted by Gasteiger charge is -2.27. The van der Waals surface area contributed by atoms with Gasteiger partial charge in [-0.05, 0) is 37.5 Å². The summed E-state index contributed by atoms with van der Waals surface area (Å²) in [6, 6.07) is 6.30. The molecule has 0 unspecified atom stereocenters. The highest BCUT2D eigenvalue weighted by Gasteiger charge is 2.21. The van der Waals surface area contributed by atoms with Gasteiger partial charge in [0.25, 0.3) is 0 Å². The number of hydrogen-bond donors (Lipinski definition) is 5. The van der Waals surface area contributed by atoms with Crippen LogP contribution in [0.3, 0.4) is 0 Å². The van der Waals surface area contributed by atoms with Crippen LogP contribution < -0.4 is 10.6 Å². The summed E-state index contributed by atoms with van der Waals surface area (Å²) in [5.74, 6) is 1.27. The van der Waals surface area contributed by atoms with E-state index in [-0.39, 0.29) is 5.75 Å². The van der Waals surface area contributed by atoms with Crippen LogP contribution in [0.5, 0.6) is 5.75 Å². The number of nitrogens with zero attached hydrogens (tertiary/aromatic N) is 3. The lowest BCUT2D eigenvalue weighted by Crippen LogP contribution is -2.27. The monoisotopic (exact) mass is 335 g/mol. The normalized spacial score (nSPS) is 14.7. The Morgan fingerprint density at radius 3 is 2.96 bits per heavy atom. The van der Waals surface area contributed by atoms with Gasteiger partial charge in [-0.3, -0.25) is 5.10 Å². The first-order chi connectivity index (χ1) is 12.3. The van der Waals surface area contributed by atoms with E-state index < -0.39 is 0 Å². The Hall–Kier alpha value is -3.29. The number of benzene rings is 1. The van der Waals surface area contributed by atoms with E-state index in [1.165, 1.54) is 12.6 Å². The summed E-state index contributed by atoms with van der Waals surface area (Å²) in [4.78, 5) is 12.0. The van der Waals surface area contributed by atoms with Crippen LogP contribution in [-0.2, 0) is 0 Å². The van der Waals surface area contributed by atoms with E-state index in [1.54, 1.807) is 6.20 Å². The summed E-state index contributed by atoms with van der Waals surface area (Å²) >= 11 is 0. The number of H-pyrrole nitrogens is 2. The second-order valence-electron chi connectivity index (χ2n) is 6.36. The fourth-order valence-electron chi connectivity index (χ4n) is 3.07. The first-order valence-electron chi connectivity index (χ1n) is 8.31. The molecule has 126 valence electrons. The molecular formula is C17H17N7O. The van der Waals surface area contributed by atoms with Crippen molar-refractivity contribution < 1.29 is 5.11 Å². The van der Waals surface area contributed by atoms with E-state index in [2.05, 4.69) is 35.8 Å². The van der Waals surface area contributed by atoms with E-state index in [1.807, 2.05) is 18.2 Å². The van der Waals surface area contributed by atoms with E-state index >= 15 is 0 Å². The summed E-state index contributed by atoms with van der Waals surface area (Å²) in [6.45, 7) is 0. The molecule has 8 heteroatoms. The number of anilines is 3.